The molecule has 0 radical (unpaired) electrons. The van der Waals surface area contributed by atoms with Crippen molar-refractivity contribution in [1.29, 1.82) is 5.41 Å². The van der Waals surface area contributed by atoms with Crippen molar-refractivity contribution < 1.29 is 14.2 Å². The van der Waals surface area contributed by atoms with E-state index in [2.05, 4.69) is 14.9 Å². The first-order chi connectivity index (χ1) is 17.7. The van der Waals surface area contributed by atoms with Gasteiger partial charge in [0.05, 0.1) is 21.7 Å². The Bertz CT molecular complexity index is 1340. The van der Waals surface area contributed by atoms with E-state index in [0.717, 1.165) is 43.7 Å². The Morgan fingerprint density at radius 1 is 1.24 bits per heavy atom. The number of benzene rings is 1. The number of nitrogens with zero attached hydrogens (tertiary/aromatic N) is 3. The number of nitrogens with two attached hydrogens (primary N) is 2. The lowest BCUT2D eigenvalue weighted by atomic mass is 9.74. The maximum Gasteiger partial charge on any atom is 0.232 e. The summed E-state index contributed by atoms with van der Waals surface area (Å²) in [7, 11) is 0. The molecule has 4 heterocycles. The Morgan fingerprint density at radius 2 is 2.03 bits per heavy atom. The van der Waals surface area contributed by atoms with E-state index in [1.165, 1.54) is 0 Å². The molecule has 1 spiro atoms. The van der Waals surface area contributed by atoms with Crippen LogP contribution in [0.25, 0.3) is 0 Å². The Morgan fingerprint density at radius 3 is 2.73 bits per heavy atom. The fourth-order valence-electron chi connectivity index (χ4n) is 4.78. The summed E-state index contributed by atoms with van der Waals surface area (Å²) in [5.41, 5.74) is 13.7. The number of aliphatic hydroxyl groups excluding tert-OH is 1. The Balaban J connectivity index is 1.29. The first kappa shape index (κ1) is 26.0. The summed E-state index contributed by atoms with van der Waals surface area (Å²) in [4.78, 5) is 10.2. The second-order valence-corrected chi connectivity index (χ2v) is 11.4. The van der Waals surface area contributed by atoms with Crippen molar-refractivity contribution in [1.82, 2.24) is 9.97 Å². The first-order valence-corrected chi connectivity index (χ1v) is 13.4. The van der Waals surface area contributed by atoms with Gasteiger partial charge < -0.3 is 20.5 Å². The van der Waals surface area contributed by atoms with Crippen molar-refractivity contribution in [2.75, 3.05) is 29.5 Å². The number of hydrogen-bond donors (Lipinski definition) is 4. The van der Waals surface area contributed by atoms with Crippen LogP contribution in [0.2, 0.25) is 10.0 Å². The van der Waals surface area contributed by atoms with E-state index >= 15 is 0 Å². The predicted molar refractivity (Wildman–Crippen MR) is 145 cm³/mol. The molecule has 0 bridgehead atoms. The minimum absolute atomic E-state index is 0.0679. The number of aliphatic hydroxyl groups is 1. The van der Waals surface area contributed by atoms with Crippen LogP contribution in [0.1, 0.15) is 35.8 Å². The van der Waals surface area contributed by atoms with Gasteiger partial charge in [0, 0.05) is 47.7 Å². The van der Waals surface area contributed by atoms with Gasteiger partial charge in [-0.05, 0) is 48.9 Å². The number of nitrogens with one attached hydrogen (secondary N) is 1. The standard InChI is InChI=1S/C25H25Cl2FN6O2S/c26-16-10-33-23(28)21(27)20(16)24(31)36-14-2-3-17(29)15(7-14)22(30)13-1-4-18(32-9-13)34-11-25(12-34)5-6-37-19(35)8-25/h1-4,7,9-10,19,24,30,35H,5-6,8,11-12,29,31H2/t19-,24+/m1/s1. The lowest BCUT2D eigenvalue weighted by Crippen LogP contribution is -2.59. The molecule has 0 unspecified atom stereocenters. The molecule has 0 saturated carbocycles. The van der Waals surface area contributed by atoms with Gasteiger partial charge in [0.1, 0.15) is 16.6 Å². The molecule has 3 aromatic rings. The van der Waals surface area contributed by atoms with Crippen LogP contribution in [0.5, 0.6) is 5.75 Å². The number of pyridine rings is 2. The number of ether oxygens (including phenoxy) is 1. The molecule has 12 heteroatoms. The molecule has 194 valence electrons. The van der Waals surface area contributed by atoms with Crippen LogP contribution in [-0.4, -0.2) is 45.1 Å². The third-order valence-corrected chi connectivity index (χ3v) is 8.42. The average molecular weight is 563 g/mol. The number of anilines is 2. The molecule has 2 atom stereocenters. The number of aromatic nitrogens is 2. The largest absolute Gasteiger partial charge is 0.471 e. The van der Waals surface area contributed by atoms with Gasteiger partial charge in [0.15, 0.2) is 6.23 Å². The Labute approximate surface area is 227 Å². The summed E-state index contributed by atoms with van der Waals surface area (Å²) in [6.07, 6.45) is 3.50. The molecule has 6 N–H and O–H groups in total. The van der Waals surface area contributed by atoms with Crippen LogP contribution in [-0.2, 0) is 0 Å². The van der Waals surface area contributed by atoms with Crippen LogP contribution >= 0.6 is 35.0 Å². The average Bonchev–Trinajstić information content (AvgIpc) is 2.86. The topological polar surface area (TPSA) is 134 Å². The quantitative estimate of drug-likeness (QED) is 0.148. The molecule has 2 saturated heterocycles. The van der Waals surface area contributed by atoms with Crippen molar-refractivity contribution in [3.63, 3.8) is 0 Å². The van der Waals surface area contributed by atoms with Gasteiger partial charge in [0.2, 0.25) is 5.95 Å². The lowest BCUT2D eigenvalue weighted by Gasteiger charge is -2.53. The normalized spacial score (nSPS) is 19.4. The van der Waals surface area contributed by atoms with Crippen molar-refractivity contribution in [3.05, 3.63) is 75.4 Å². The van der Waals surface area contributed by atoms with Crippen LogP contribution in [0, 0.1) is 16.8 Å². The second kappa shape index (κ2) is 10.3. The van der Waals surface area contributed by atoms with E-state index < -0.39 is 12.2 Å². The van der Waals surface area contributed by atoms with E-state index in [1.807, 2.05) is 12.1 Å². The number of rotatable bonds is 6. The van der Waals surface area contributed by atoms with E-state index in [0.29, 0.717) is 22.6 Å². The monoisotopic (exact) mass is 562 g/mol. The zero-order chi connectivity index (χ0) is 26.3. The summed E-state index contributed by atoms with van der Waals surface area (Å²) < 4.78 is 19.6. The maximum absolute atomic E-state index is 13.8. The van der Waals surface area contributed by atoms with E-state index in [9.17, 15) is 9.50 Å². The molecule has 5 rings (SSSR count). The lowest BCUT2D eigenvalue weighted by molar-refractivity contribution is 0.112. The van der Waals surface area contributed by atoms with Crippen LogP contribution < -0.4 is 21.1 Å². The Hall–Kier alpha value is -2.63. The van der Waals surface area contributed by atoms with Crippen LogP contribution in [0.3, 0.4) is 0 Å². The SMILES string of the molecule is N=C(c1ccc(N2CC3(CCS[C@@H](O)C3)C2)nc1)c1cc(O[C@H](N)c2c(Cl)cnc(F)c2Cl)ccc1N. The molecule has 0 aliphatic carbocycles. The van der Waals surface area contributed by atoms with Gasteiger partial charge in [-0.3, -0.25) is 11.1 Å². The molecule has 2 aromatic heterocycles. The second-order valence-electron chi connectivity index (χ2n) is 9.33. The fourth-order valence-corrected chi connectivity index (χ4v) is 6.63. The van der Waals surface area contributed by atoms with Gasteiger partial charge >= 0.3 is 0 Å². The zero-order valence-electron chi connectivity index (χ0n) is 19.6. The Kier molecular flexibility index (Phi) is 7.21. The highest BCUT2D eigenvalue weighted by Crippen LogP contribution is 2.46. The number of nitrogen functional groups attached to an aromatic ring is 1. The number of halogens is 3. The highest BCUT2D eigenvalue weighted by Gasteiger charge is 2.46. The number of thioether (sulfide) groups is 1. The zero-order valence-corrected chi connectivity index (χ0v) is 22.0. The molecule has 1 aromatic carbocycles. The maximum atomic E-state index is 13.8. The van der Waals surface area contributed by atoms with Crippen LogP contribution in [0.15, 0.2) is 42.7 Å². The number of hydrogen-bond acceptors (Lipinski definition) is 9. The summed E-state index contributed by atoms with van der Waals surface area (Å²) >= 11 is 13.7. The fraction of sp³-hybridized carbons (Fsp3) is 0.320. The molecular weight excluding hydrogens is 538 g/mol. The van der Waals surface area contributed by atoms with Gasteiger partial charge in [-0.1, -0.05) is 23.2 Å². The van der Waals surface area contributed by atoms with E-state index in [-0.39, 0.29) is 32.2 Å². The summed E-state index contributed by atoms with van der Waals surface area (Å²) in [5, 5.41) is 18.5. The predicted octanol–water partition coefficient (Wildman–Crippen LogP) is 4.61. The van der Waals surface area contributed by atoms with Crippen molar-refractivity contribution in [3.8, 4) is 5.75 Å². The van der Waals surface area contributed by atoms with Crippen molar-refractivity contribution in [2.24, 2.45) is 11.1 Å². The van der Waals surface area contributed by atoms with Crippen LogP contribution in [0.4, 0.5) is 15.9 Å². The molecule has 0 amide bonds. The molecular formula is C25H25Cl2FN6O2S. The van der Waals surface area contributed by atoms with E-state index in [1.54, 1.807) is 36.2 Å². The molecule has 2 aliphatic rings. The third kappa shape index (κ3) is 5.21. The minimum Gasteiger partial charge on any atom is -0.471 e. The van der Waals surface area contributed by atoms with Crippen molar-refractivity contribution in [2.45, 2.75) is 24.5 Å². The highest BCUT2D eigenvalue weighted by molar-refractivity contribution is 7.99. The summed E-state index contributed by atoms with van der Waals surface area (Å²) in [6, 6.07) is 8.49. The third-order valence-electron chi connectivity index (χ3n) is 6.77. The summed E-state index contributed by atoms with van der Waals surface area (Å²) in [5.74, 6) is 1.21. The minimum atomic E-state index is -1.17. The highest BCUT2D eigenvalue weighted by atomic mass is 35.5. The van der Waals surface area contributed by atoms with E-state index in [4.69, 9.17) is 44.8 Å². The first-order valence-electron chi connectivity index (χ1n) is 11.6. The van der Waals surface area contributed by atoms with Gasteiger partial charge in [0.25, 0.3) is 0 Å². The molecule has 37 heavy (non-hydrogen) atoms. The van der Waals surface area contributed by atoms with Gasteiger partial charge in [-0.15, -0.1) is 11.8 Å². The van der Waals surface area contributed by atoms with Crippen molar-refractivity contribution >= 4 is 52.2 Å². The van der Waals surface area contributed by atoms with Gasteiger partial charge in [-0.25, -0.2) is 9.97 Å². The van der Waals surface area contributed by atoms with Gasteiger partial charge in [-0.2, -0.15) is 4.39 Å². The molecule has 8 nitrogen and oxygen atoms in total. The molecule has 2 fully saturated rings. The summed E-state index contributed by atoms with van der Waals surface area (Å²) in [6.45, 7) is 1.74. The molecule has 2 aliphatic heterocycles. The smallest absolute Gasteiger partial charge is 0.232 e.